The number of rotatable bonds is 5. The van der Waals surface area contributed by atoms with E-state index in [2.05, 4.69) is 19.9 Å². The van der Waals surface area contributed by atoms with Crippen LogP contribution in [0, 0.1) is 34.5 Å². The summed E-state index contributed by atoms with van der Waals surface area (Å²) in [5.41, 5.74) is 2.38. The predicted octanol–water partition coefficient (Wildman–Crippen LogP) is 5.71. The summed E-state index contributed by atoms with van der Waals surface area (Å²) in [5.74, 6) is 2.94. The molecule has 0 spiro atoms. The van der Waals surface area contributed by atoms with Crippen LogP contribution in [0.15, 0.2) is 11.6 Å². The van der Waals surface area contributed by atoms with E-state index in [0.29, 0.717) is 29.5 Å². The fourth-order valence-electron chi connectivity index (χ4n) is 8.12. The van der Waals surface area contributed by atoms with Gasteiger partial charge in [0.1, 0.15) is 0 Å². The Hall–Kier alpha value is -0.380. The highest BCUT2D eigenvalue weighted by molar-refractivity contribution is 5.25. The van der Waals surface area contributed by atoms with E-state index in [1.807, 2.05) is 20.8 Å². The van der Waals surface area contributed by atoms with Gasteiger partial charge in [-0.2, -0.15) is 0 Å². The number of hydrogen-bond donors (Lipinski definition) is 1. The van der Waals surface area contributed by atoms with Gasteiger partial charge in [0.05, 0.1) is 12.2 Å². The molecule has 1 N–H and O–H groups in total. The number of aliphatic hydroxyl groups excluding tert-OH is 1. The minimum Gasteiger partial charge on any atom is -0.393 e. The van der Waals surface area contributed by atoms with Gasteiger partial charge in [-0.3, -0.25) is 0 Å². The van der Waals surface area contributed by atoms with Gasteiger partial charge in [0, 0.05) is 6.61 Å². The number of hydrogen-bond acceptors (Lipinski definition) is 3. The van der Waals surface area contributed by atoms with Gasteiger partial charge in [0.2, 0.25) is 0 Å². The Morgan fingerprint density at radius 2 is 1.89 bits per heavy atom. The summed E-state index contributed by atoms with van der Waals surface area (Å²) in [6, 6.07) is 0. The maximum atomic E-state index is 10.4. The molecule has 3 nitrogen and oxygen atoms in total. The SMILES string of the molecule is CCOC(C)OC1CCC2(C)C(=CCC3C2CCC2(C)C(C(C)O)CCC32)C1. The largest absolute Gasteiger partial charge is 0.393 e. The minimum absolute atomic E-state index is 0.0948. The quantitative estimate of drug-likeness (QED) is 0.482. The zero-order chi connectivity index (χ0) is 20.1. The molecule has 4 aliphatic rings. The molecule has 0 heterocycles. The van der Waals surface area contributed by atoms with Crippen molar-refractivity contribution in [2.24, 2.45) is 34.5 Å². The second-order valence-electron chi connectivity index (χ2n) is 10.8. The summed E-state index contributed by atoms with van der Waals surface area (Å²) in [4.78, 5) is 0. The van der Waals surface area contributed by atoms with Crippen molar-refractivity contribution < 1.29 is 14.6 Å². The third kappa shape index (κ3) is 3.30. The molecule has 4 rings (SSSR count). The van der Waals surface area contributed by atoms with Crippen molar-refractivity contribution in [1.82, 2.24) is 0 Å². The average molecular weight is 391 g/mol. The van der Waals surface area contributed by atoms with Crippen LogP contribution in [0.5, 0.6) is 0 Å². The molecular weight excluding hydrogens is 348 g/mol. The van der Waals surface area contributed by atoms with E-state index >= 15 is 0 Å². The molecule has 0 aromatic carbocycles. The number of fused-ring (bicyclic) bond motifs is 5. The van der Waals surface area contributed by atoms with Crippen molar-refractivity contribution in [2.45, 2.75) is 104 Å². The van der Waals surface area contributed by atoms with Crippen molar-refractivity contribution >= 4 is 0 Å². The van der Waals surface area contributed by atoms with Gasteiger partial charge < -0.3 is 14.6 Å². The normalized spacial score (nSPS) is 47.5. The van der Waals surface area contributed by atoms with Crippen LogP contribution in [0.4, 0.5) is 0 Å². The Bertz CT molecular complexity index is 599. The fourth-order valence-corrected chi connectivity index (χ4v) is 8.12. The van der Waals surface area contributed by atoms with Gasteiger partial charge in [0.15, 0.2) is 6.29 Å². The Balaban J connectivity index is 1.51. The molecule has 0 aromatic rings. The number of ether oxygens (including phenoxy) is 2. The fraction of sp³-hybridized carbons (Fsp3) is 0.920. The molecule has 28 heavy (non-hydrogen) atoms. The lowest BCUT2D eigenvalue weighted by Crippen LogP contribution is -2.51. The van der Waals surface area contributed by atoms with Crippen LogP contribution in [-0.2, 0) is 9.47 Å². The highest BCUT2D eigenvalue weighted by Crippen LogP contribution is 2.66. The van der Waals surface area contributed by atoms with Crippen LogP contribution in [0.2, 0.25) is 0 Å². The van der Waals surface area contributed by atoms with Crippen LogP contribution >= 0.6 is 0 Å². The van der Waals surface area contributed by atoms with E-state index in [9.17, 15) is 5.11 Å². The molecular formula is C25H42O3. The maximum absolute atomic E-state index is 10.4. The van der Waals surface area contributed by atoms with E-state index < -0.39 is 0 Å². The van der Waals surface area contributed by atoms with Gasteiger partial charge in [-0.1, -0.05) is 25.5 Å². The van der Waals surface area contributed by atoms with Crippen molar-refractivity contribution in [3.05, 3.63) is 11.6 Å². The van der Waals surface area contributed by atoms with Crippen LogP contribution in [-0.4, -0.2) is 30.2 Å². The maximum Gasteiger partial charge on any atom is 0.155 e. The third-order valence-corrected chi connectivity index (χ3v) is 9.50. The lowest BCUT2D eigenvalue weighted by Gasteiger charge is -2.58. The van der Waals surface area contributed by atoms with E-state index in [4.69, 9.17) is 9.47 Å². The summed E-state index contributed by atoms with van der Waals surface area (Å²) < 4.78 is 11.8. The van der Waals surface area contributed by atoms with E-state index in [0.717, 1.165) is 30.6 Å². The van der Waals surface area contributed by atoms with Crippen molar-refractivity contribution in [2.75, 3.05) is 6.61 Å². The Labute approximate surface area is 172 Å². The van der Waals surface area contributed by atoms with E-state index in [-0.39, 0.29) is 12.4 Å². The van der Waals surface area contributed by atoms with Gasteiger partial charge >= 0.3 is 0 Å². The minimum atomic E-state index is -0.156. The van der Waals surface area contributed by atoms with E-state index in [1.54, 1.807) is 5.57 Å². The molecule has 0 aliphatic heterocycles. The second kappa shape index (κ2) is 7.71. The molecule has 0 amide bonds. The Kier molecular flexibility index (Phi) is 5.74. The summed E-state index contributed by atoms with van der Waals surface area (Å²) in [5, 5.41) is 10.4. The van der Waals surface area contributed by atoms with E-state index in [1.165, 1.54) is 38.5 Å². The highest BCUT2D eigenvalue weighted by atomic mass is 16.7. The summed E-state index contributed by atoms with van der Waals surface area (Å²) in [6.45, 7) is 11.9. The topological polar surface area (TPSA) is 38.7 Å². The number of aliphatic hydroxyl groups is 1. The Morgan fingerprint density at radius 1 is 1.11 bits per heavy atom. The lowest BCUT2D eigenvalue weighted by atomic mass is 9.47. The molecule has 3 heteroatoms. The first-order valence-electron chi connectivity index (χ1n) is 11.9. The zero-order valence-corrected chi connectivity index (χ0v) is 18.7. The van der Waals surface area contributed by atoms with Crippen molar-refractivity contribution in [3.8, 4) is 0 Å². The molecule has 3 saturated carbocycles. The zero-order valence-electron chi connectivity index (χ0n) is 18.7. The Morgan fingerprint density at radius 3 is 2.61 bits per heavy atom. The molecule has 9 unspecified atom stereocenters. The van der Waals surface area contributed by atoms with Gasteiger partial charge in [-0.25, -0.2) is 0 Å². The van der Waals surface area contributed by atoms with Gasteiger partial charge in [-0.05, 0) is 107 Å². The number of allylic oxidation sites excluding steroid dienone is 1. The van der Waals surface area contributed by atoms with Crippen LogP contribution in [0.1, 0.15) is 86.0 Å². The van der Waals surface area contributed by atoms with Crippen LogP contribution in [0.25, 0.3) is 0 Å². The monoisotopic (exact) mass is 390 g/mol. The van der Waals surface area contributed by atoms with Gasteiger partial charge in [-0.15, -0.1) is 0 Å². The molecule has 160 valence electrons. The molecule has 9 atom stereocenters. The first-order chi connectivity index (χ1) is 13.3. The van der Waals surface area contributed by atoms with Crippen LogP contribution < -0.4 is 0 Å². The van der Waals surface area contributed by atoms with Gasteiger partial charge in [0.25, 0.3) is 0 Å². The second-order valence-corrected chi connectivity index (χ2v) is 10.8. The van der Waals surface area contributed by atoms with Crippen molar-refractivity contribution in [1.29, 1.82) is 0 Å². The summed E-state index contributed by atoms with van der Waals surface area (Å²) in [6.07, 6.45) is 12.6. The predicted molar refractivity (Wildman–Crippen MR) is 113 cm³/mol. The molecule has 0 bridgehead atoms. The molecule has 4 aliphatic carbocycles. The summed E-state index contributed by atoms with van der Waals surface area (Å²) >= 11 is 0. The molecule has 0 radical (unpaired) electrons. The molecule has 0 saturated heterocycles. The van der Waals surface area contributed by atoms with Crippen molar-refractivity contribution in [3.63, 3.8) is 0 Å². The van der Waals surface area contributed by atoms with Crippen LogP contribution in [0.3, 0.4) is 0 Å². The average Bonchev–Trinajstić information content (AvgIpc) is 2.99. The highest BCUT2D eigenvalue weighted by Gasteiger charge is 2.59. The first kappa shape index (κ1) is 20.9. The molecule has 0 aromatic heterocycles. The first-order valence-corrected chi connectivity index (χ1v) is 11.9. The standard InChI is InChI=1S/C25H42O3/c1-6-27-17(3)28-19-11-13-24(4)18(15-19)7-8-20-22-10-9-21(16(2)26)25(22,5)14-12-23(20)24/h7,16-17,19-23,26H,6,8-15H2,1-5H3. The third-order valence-electron chi connectivity index (χ3n) is 9.50. The smallest absolute Gasteiger partial charge is 0.155 e. The summed E-state index contributed by atoms with van der Waals surface area (Å²) in [7, 11) is 0. The molecule has 3 fully saturated rings. The lowest BCUT2D eigenvalue weighted by molar-refractivity contribution is -0.167.